The highest BCUT2D eigenvalue weighted by atomic mass is 19.1. The number of aliphatic imine (C=N–C) groups is 1. The van der Waals surface area contributed by atoms with Gasteiger partial charge in [0.05, 0.1) is 50.3 Å². The maximum Gasteiger partial charge on any atom is 0.341 e. The van der Waals surface area contributed by atoms with Crippen LogP contribution >= 0.6 is 0 Å². The number of amides is 1. The van der Waals surface area contributed by atoms with E-state index in [1.807, 2.05) is 38.1 Å². The number of para-hydroxylation sites is 1. The molecule has 0 bridgehead atoms. The van der Waals surface area contributed by atoms with Gasteiger partial charge in [-0.25, -0.2) is 23.6 Å². The number of fused-ring (bicyclic) bond motifs is 2. The van der Waals surface area contributed by atoms with Gasteiger partial charge >= 0.3 is 5.97 Å². The maximum absolute atomic E-state index is 16.6. The molecule has 2 aliphatic heterocycles. The first-order valence-corrected chi connectivity index (χ1v) is 19.3. The third-order valence-electron chi connectivity index (χ3n) is 11.4. The summed E-state index contributed by atoms with van der Waals surface area (Å²) in [5.41, 5.74) is 12.5. The van der Waals surface area contributed by atoms with Crippen LogP contribution in [-0.2, 0) is 11.2 Å². The molecule has 16 nitrogen and oxygen atoms in total. The Morgan fingerprint density at radius 1 is 0.983 bits per heavy atom. The molecule has 2 atom stereocenters. The largest absolute Gasteiger partial charge is 0.493 e. The van der Waals surface area contributed by atoms with Crippen molar-refractivity contribution >= 4 is 57.3 Å². The summed E-state index contributed by atoms with van der Waals surface area (Å²) < 4.78 is 50.6. The van der Waals surface area contributed by atoms with Crippen molar-refractivity contribution in [1.82, 2.24) is 19.4 Å². The van der Waals surface area contributed by atoms with Crippen molar-refractivity contribution in [2.45, 2.75) is 51.2 Å². The number of nitrogens with zero attached hydrogens (tertiary/aromatic N) is 7. The highest BCUT2D eigenvalue weighted by molar-refractivity contribution is 6.54. The summed E-state index contributed by atoms with van der Waals surface area (Å²) in [4.78, 5) is 57.9. The lowest BCUT2D eigenvalue weighted by Crippen LogP contribution is -2.60. The number of methoxy groups -OCH3 is 3. The second kappa shape index (κ2) is 15.4. The molecule has 1 aliphatic carbocycles. The zero-order chi connectivity index (χ0) is 42.7. The Kier molecular flexibility index (Phi) is 10.3. The van der Waals surface area contributed by atoms with Crippen molar-refractivity contribution in [3.05, 3.63) is 92.9 Å². The SMILES string of the molecule is COc1cc(Cc2cnc(N=C3C(=O)N(CN4C(C)CN(c5c(F)c(N)c6c(=O)c(C(=O)O)cn(C7CC7)c6c5F)CC4C)c4ccccc43)nc2N)cc(OC)c1OC. The van der Waals surface area contributed by atoms with E-state index in [2.05, 4.69) is 19.9 Å². The number of carbonyl (C=O) groups excluding carboxylic acids is 1. The molecule has 5 N–H and O–H groups in total. The van der Waals surface area contributed by atoms with Gasteiger partial charge in [0.2, 0.25) is 11.2 Å². The molecule has 0 radical (unpaired) electrons. The monoisotopic (exact) mass is 823 g/mol. The van der Waals surface area contributed by atoms with E-state index >= 15 is 8.78 Å². The summed E-state index contributed by atoms with van der Waals surface area (Å²) in [6.45, 7) is 4.19. The highest BCUT2D eigenvalue weighted by Gasteiger charge is 2.40. The molecule has 2 fully saturated rings. The van der Waals surface area contributed by atoms with Crippen LogP contribution in [0.15, 0.2) is 58.6 Å². The normalized spacial score (nSPS) is 18.6. The molecule has 312 valence electrons. The molecule has 3 aliphatic rings. The Labute approximate surface area is 342 Å². The fourth-order valence-electron chi connectivity index (χ4n) is 8.27. The molecule has 2 unspecified atom stereocenters. The number of piperazine rings is 1. The van der Waals surface area contributed by atoms with E-state index in [1.165, 1.54) is 25.9 Å². The number of carboxylic acid groups (broad SMARTS) is 1. The molecule has 60 heavy (non-hydrogen) atoms. The van der Waals surface area contributed by atoms with Crippen LogP contribution in [0.5, 0.6) is 17.2 Å². The first-order chi connectivity index (χ1) is 28.8. The molecular weight excluding hydrogens is 781 g/mol. The van der Waals surface area contributed by atoms with Gasteiger partial charge in [-0.05, 0) is 50.5 Å². The van der Waals surface area contributed by atoms with Crippen LogP contribution in [0, 0.1) is 11.6 Å². The van der Waals surface area contributed by atoms with Crippen molar-refractivity contribution < 1.29 is 37.7 Å². The lowest BCUT2D eigenvalue weighted by Gasteiger charge is -2.46. The predicted octanol–water partition coefficient (Wildman–Crippen LogP) is 4.91. The Morgan fingerprint density at radius 3 is 2.25 bits per heavy atom. The first kappa shape index (κ1) is 40.0. The van der Waals surface area contributed by atoms with Gasteiger partial charge in [0, 0.05) is 61.2 Å². The zero-order valence-corrected chi connectivity index (χ0v) is 33.5. The summed E-state index contributed by atoms with van der Waals surface area (Å²) in [5.74, 6) is -2.39. The summed E-state index contributed by atoms with van der Waals surface area (Å²) in [5, 5.41) is 9.19. The zero-order valence-electron chi connectivity index (χ0n) is 33.5. The van der Waals surface area contributed by atoms with Crippen LogP contribution in [-0.4, -0.2) is 95.3 Å². The van der Waals surface area contributed by atoms with Gasteiger partial charge in [-0.15, -0.1) is 0 Å². The van der Waals surface area contributed by atoms with Crippen LogP contribution in [0.3, 0.4) is 0 Å². The number of nitrogens with two attached hydrogens (primary N) is 2. The molecule has 0 spiro atoms. The van der Waals surface area contributed by atoms with Crippen LogP contribution in [0.1, 0.15) is 59.8 Å². The Hall–Kier alpha value is -6.82. The lowest BCUT2D eigenvalue weighted by molar-refractivity contribution is -0.112. The van der Waals surface area contributed by atoms with Crippen LogP contribution < -0.4 is 40.9 Å². The molecule has 8 rings (SSSR count). The summed E-state index contributed by atoms with van der Waals surface area (Å²) >= 11 is 0. The van der Waals surface area contributed by atoms with Gasteiger partial charge in [0.1, 0.15) is 22.8 Å². The highest BCUT2D eigenvalue weighted by Crippen LogP contribution is 2.43. The number of ether oxygens (including phenoxy) is 3. The molecule has 1 saturated heterocycles. The summed E-state index contributed by atoms with van der Waals surface area (Å²) in [6, 6.07) is 9.91. The molecule has 1 saturated carbocycles. The minimum atomic E-state index is -1.51. The lowest BCUT2D eigenvalue weighted by atomic mass is 10.0. The Balaban J connectivity index is 1.04. The topological polar surface area (TPSA) is 204 Å². The average molecular weight is 824 g/mol. The standard InChI is InChI=1S/C42H43F2N9O7/c1-20-16-50(36-31(43)33(45)30-35(32(36)44)51(24-10-11-24)18-26(37(30)54)41(56)57)17-21(2)52(20)19-53-27-9-7-6-8-25(27)34(40(53)55)48-42-47-15-23(39(46)49-42)12-22-13-28(58-3)38(60-5)29(14-22)59-4/h6-9,13-15,18,20-21,24H,10-12,16-17,19,45H2,1-5H3,(H,56,57)(H2,46,47,49). The van der Waals surface area contributed by atoms with E-state index in [-0.39, 0.29) is 72.5 Å². The quantitative estimate of drug-likeness (QED) is 0.152. The van der Waals surface area contributed by atoms with Gasteiger partial charge in [0.25, 0.3) is 11.9 Å². The van der Waals surface area contributed by atoms with Gasteiger partial charge in [0.15, 0.2) is 23.1 Å². The van der Waals surface area contributed by atoms with E-state index in [9.17, 15) is 19.5 Å². The van der Waals surface area contributed by atoms with Crippen molar-refractivity contribution in [1.29, 1.82) is 0 Å². The van der Waals surface area contributed by atoms with Gasteiger partial charge in [-0.1, -0.05) is 18.2 Å². The number of rotatable bonds is 11. The van der Waals surface area contributed by atoms with Crippen molar-refractivity contribution in [3.63, 3.8) is 0 Å². The number of halogens is 2. The molecule has 18 heteroatoms. The Bertz CT molecular complexity index is 2650. The number of hydrogen-bond donors (Lipinski definition) is 3. The van der Waals surface area contributed by atoms with Crippen LogP contribution in [0.4, 0.5) is 37.6 Å². The smallest absolute Gasteiger partial charge is 0.341 e. The fraction of sp³-hybridized carbons (Fsp3) is 0.333. The van der Waals surface area contributed by atoms with Gasteiger partial charge in [-0.3, -0.25) is 19.4 Å². The minimum Gasteiger partial charge on any atom is -0.493 e. The minimum absolute atomic E-state index is 0.00139. The molecule has 3 aromatic carbocycles. The number of hydrogen-bond acceptors (Lipinski definition) is 13. The van der Waals surface area contributed by atoms with E-state index in [1.54, 1.807) is 28.1 Å². The number of carboxylic acids is 1. The number of carbonyl (C=O) groups is 2. The molecular formula is C42H43F2N9O7. The van der Waals surface area contributed by atoms with E-state index < -0.39 is 39.7 Å². The number of aromatic carboxylic acids is 1. The Morgan fingerprint density at radius 2 is 1.65 bits per heavy atom. The third-order valence-corrected chi connectivity index (χ3v) is 11.4. The molecule has 2 aromatic heterocycles. The number of nitrogen functional groups attached to an aromatic ring is 2. The van der Waals surface area contributed by atoms with Crippen molar-refractivity contribution in [2.75, 3.05) is 62.4 Å². The third kappa shape index (κ3) is 6.75. The number of anilines is 4. The number of pyridine rings is 1. The number of benzene rings is 3. The van der Waals surface area contributed by atoms with E-state index in [4.69, 9.17) is 25.7 Å². The van der Waals surface area contributed by atoms with Crippen molar-refractivity contribution in [3.8, 4) is 17.2 Å². The summed E-state index contributed by atoms with van der Waals surface area (Å²) in [6.07, 6.45) is 4.32. The molecule has 4 heterocycles. The predicted molar refractivity (Wildman–Crippen MR) is 221 cm³/mol. The van der Waals surface area contributed by atoms with Gasteiger partial charge in [-0.2, -0.15) is 4.98 Å². The second-order valence-corrected chi connectivity index (χ2v) is 15.2. The van der Waals surface area contributed by atoms with Gasteiger partial charge < -0.3 is 40.3 Å². The second-order valence-electron chi connectivity index (χ2n) is 15.2. The van der Waals surface area contributed by atoms with E-state index in [0.717, 1.165) is 11.8 Å². The molecule has 1 amide bonds. The maximum atomic E-state index is 16.6. The van der Waals surface area contributed by atoms with Crippen LogP contribution in [0.25, 0.3) is 10.9 Å². The molecule has 5 aromatic rings. The van der Waals surface area contributed by atoms with E-state index in [0.29, 0.717) is 53.3 Å². The van der Waals surface area contributed by atoms with Crippen molar-refractivity contribution in [2.24, 2.45) is 4.99 Å². The van der Waals surface area contributed by atoms with Crippen LogP contribution in [0.2, 0.25) is 0 Å². The average Bonchev–Trinajstić information content (AvgIpc) is 4.04. The fourth-order valence-corrected chi connectivity index (χ4v) is 8.27. The summed E-state index contributed by atoms with van der Waals surface area (Å²) in [7, 11) is 4.59. The number of aromatic nitrogens is 3. The first-order valence-electron chi connectivity index (χ1n) is 19.3.